The van der Waals surface area contributed by atoms with Crippen LogP contribution in [0.2, 0.25) is 20.1 Å². The molecule has 0 aliphatic carbocycles. The van der Waals surface area contributed by atoms with Crippen LogP contribution in [0.15, 0.2) is 36.4 Å². The van der Waals surface area contributed by atoms with E-state index in [0.29, 0.717) is 27.2 Å². The van der Waals surface area contributed by atoms with Gasteiger partial charge in [0.15, 0.2) is 0 Å². The summed E-state index contributed by atoms with van der Waals surface area (Å²) in [5, 5.41) is 4.09. The van der Waals surface area contributed by atoms with Crippen molar-refractivity contribution < 1.29 is 18.0 Å². The van der Waals surface area contributed by atoms with E-state index >= 15 is 0 Å². The highest BCUT2D eigenvalue weighted by Gasteiger charge is 2.27. The zero-order chi connectivity index (χ0) is 26.3. The van der Waals surface area contributed by atoms with Crippen LogP contribution in [0.5, 0.6) is 0 Å². The van der Waals surface area contributed by atoms with Gasteiger partial charge in [-0.15, -0.1) is 0 Å². The lowest BCUT2D eigenvalue weighted by atomic mass is 10.1. The summed E-state index contributed by atoms with van der Waals surface area (Å²) in [6.45, 7) is 3.91. The predicted octanol–water partition coefficient (Wildman–Crippen LogP) is 5.40. The Morgan fingerprint density at radius 2 is 1.63 bits per heavy atom. The molecule has 0 bridgehead atoms. The second kappa shape index (κ2) is 13.0. The molecule has 0 heterocycles. The summed E-state index contributed by atoms with van der Waals surface area (Å²) in [7, 11) is -3.70. The Morgan fingerprint density at radius 1 is 1.00 bits per heavy atom. The van der Waals surface area contributed by atoms with Gasteiger partial charge in [0, 0.05) is 41.1 Å². The summed E-state index contributed by atoms with van der Waals surface area (Å²) < 4.78 is 26.0. The molecule has 12 heteroatoms. The van der Waals surface area contributed by atoms with E-state index in [9.17, 15) is 18.0 Å². The van der Waals surface area contributed by atoms with E-state index in [0.717, 1.165) is 10.6 Å². The van der Waals surface area contributed by atoms with Crippen LogP contribution in [-0.2, 0) is 26.2 Å². The molecule has 0 fully saturated rings. The van der Waals surface area contributed by atoms with E-state index in [1.165, 1.54) is 17.0 Å². The van der Waals surface area contributed by atoms with Gasteiger partial charge in [0.2, 0.25) is 21.8 Å². The first kappa shape index (κ1) is 29.5. The molecular weight excluding hydrogens is 556 g/mol. The van der Waals surface area contributed by atoms with Crippen molar-refractivity contribution in [1.82, 2.24) is 10.2 Å². The van der Waals surface area contributed by atoms with Gasteiger partial charge in [0.1, 0.15) is 6.04 Å². The number of amides is 2. The molecule has 1 N–H and O–H groups in total. The summed E-state index contributed by atoms with van der Waals surface area (Å²) in [6.07, 6.45) is 1.22. The number of carbonyl (C=O) groups is 2. The second-order valence-corrected chi connectivity index (χ2v) is 11.5. The van der Waals surface area contributed by atoms with Crippen LogP contribution in [0.4, 0.5) is 5.69 Å². The number of nitrogens with zero attached hydrogens (tertiary/aromatic N) is 2. The predicted molar refractivity (Wildman–Crippen MR) is 143 cm³/mol. The van der Waals surface area contributed by atoms with E-state index in [4.69, 9.17) is 46.4 Å². The quantitative estimate of drug-likeness (QED) is 0.384. The maximum absolute atomic E-state index is 13.2. The van der Waals surface area contributed by atoms with Crippen molar-refractivity contribution >= 4 is 73.9 Å². The van der Waals surface area contributed by atoms with Gasteiger partial charge in [-0.3, -0.25) is 13.9 Å². The van der Waals surface area contributed by atoms with E-state index in [2.05, 4.69) is 5.32 Å². The van der Waals surface area contributed by atoms with Gasteiger partial charge in [0.05, 0.1) is 17.0 Å². The summed E-state index contributed by atoms with van der Waals surface area (Å²) in [4.78, 5) is 27.2. The van der Waals surface area contributed by atoms with E-state index in [-0.39, 0.29) is 48.5 Å². The van der Waals surface area contributed by atoms with Crippen molar-refractivity contribution in [2.45, 2.75) is 39.3 Å². The van der Waals surface area contributed by atoms with Gasteiger partial charge in [-0.25, -0.2) is 8.42 Å². The molecule has 2 rings (SSSR count). The number of hydrogen-bond donors (Lipinski definition) is 1. The van der Waals surface area contributed by atoms with Crippen molar-refractivity contribution in [3.05, 3.63) is 62.1 Å². The van der Waals surface area contributed by atoms with Crippen LogP contribution in [0, 0.1) is 0 Å². The molecule has 7 nitrogen and oxygen atoms in total. The minimum atomic E-state index is -3.70. The fourth-order valence-electron chi connectivity index (χ4n) is 3.40. The molecule has 35 heavy (non-hydrogen) atoms. The lowest BCUT2D eigenvalue weighted by molar-refractivity contribution is -0.140. The lowest BCUT2D eigenvalue weighted by Crippen LogP contribution is -2.47. The summed E-state index contributed by atoms with van der Waals surface area (Å²) in [6, 6.07) is 8.66. The van der Waals surface area contributed by atoms with Crippen molar-refractivity contribution in [2.24, 2.45) is 0 Å². The first-order valence-corrected chi connectivity index (χ1v) is 14.1. The van der Waals surface area contributed by atoms with Crippen LogP contribution in [-0.4, -0.2) is 50.5 Å². The average molecular weight is 583 g/mol. The number of anilines is 1. The molecule has 1 atom stereocenters. The van der Waals surface area contributed by atoms with E-state index in [1.807, 2.05) is 0 Å². The van der Waals surface area contributed by atoms with Crippen LogP contribution < -0.4 is 9.62 Å². The largest absolute Gasteiger partial charge is 0.355 e. The minimum absolute atomic E-state index is 0.00425. The fraction of sp³-hybridized carbons (Fsp3) is 0.391. The highest BCUT2D eigenvalue weighted by Crippen LogP contribution is 2.31. The molecule has 0 aliphatic heterocycles. The highest BCUT2D eigenvalue weighted by molar-refractivity contribution is 7.92. The van der Waals surface area contributed by atoms with Crippen LogP contribution in [0.1, 0.15) is 32.3 Å². The number of likely N-dealkylation sites (N-methyl/N-ethyl adjacent to an activating group) is 1. The number of halogens is 4. The molecule has 0 aliphatic rings. The first-order valence-electron chi connectivity index (χ1n) is 10.8. The number of sulfonamides is 1. The molecule has 2 amide bonds. The third-order valence-electron chi connectivity index (χ3n) is 5.20. The third-order valence-corrected chi connectivity index (χ3v) is 7.52. The number of hydrogen-bond acceptors (Lipinski definition) is 4. The molecule has 0 radical (unpaired) electrons. The number of benzene rings is 2. The van der Waals surface area contributed by atoms with E-state index < -0.39 is 16.1 Å². The molecular formula is C23H27Cl4N3O4S. The Bertz CT molecular complexity index is 1180. The Hall–Kier alpha value is -1.71. The van der Waals surface area contributed by atoms with Gasteiger partial charge in [-0.1, -0.05) is 52.5 Å². The van der Waals surface area contributed by atoms with Crippen molar-refractivity contribution in [2.75, 3.05) is 23.7 Å². The van der Waals surface area contributed by atoms with Crippen LogP contribution >= 0.6 is 46.4 Å². The molecule has 0 saturated carbocycles. The molecule has 0 unspecified atom stereocenters. The average Bonchev–Trinajstić information content (AvgIpc) is 2.77. The monoisotopic (exact) mass is 581 g/mol. The number of rotatable bonds is 11. The molecule has 192 valence electrons. The smallest absolute Gasteiger partial charge is 0.242 e. The Morgan fingerprint density at radius 3 is 2.23 bits per heavy atom. The lowest BCUT2D eigenvalue weighted by Gasteiger charge is -2.29. The summed E-state index contributed by atoms with van der Waals surface area (Å²) in [5.74, 6) is -0.644. The van der Waals surface area contributed by atoms with Gasteiger partial charge in [0.25, 0.3) is 0 Å². The normalized spacial score (nSPS) is 12.2. The summed E-state index contributed by atoms with van der Waals surface area (Å²) in [5.41, 5.74) is 0.860. The Labute approximate surface area is 226 Å². The first-order chi connectivity index (χ1) is 16.3. The molecule has 2 aromatic rings. The highest BCUT2D eigenvalue weighted by atomic mass is 35.5. The van der Waals surface area contributed by atoms with Crippen LogP contribution in [0.3, 0.4) is 0 Å². The maximum Gasteiger partial charge on any atom is 0.242 e. The van der Waals surface area contributed by atoms with Crippen molar-refractivity contribution in [1.29, 1.82) is 0 Å². The minimum Gasteiger partial charge on any atom is -0.355 e. The fourth-order valence-corrected chi connectivity index (χ4v) is 5.27. The van der Waals surface area contributed by atoms with E-state index in [1.54, 1.807) is 38.1 Å². The Kier molecular flexibility index (Phi) is 11.0. The second-order valence-electron chi connectivity index (χ2n) is 7.86. The van der Waals surface area contributed by atoms with Crippen LogP contribution in [0.25, 0.3) is 0 Å². The zero-order valence-electron chi connectivity index (χ0n) is 19.5. The summed E-state index contributed by atoms with van der Waals surface area (Å²) >= 11 is 24.5. The van der Waals surface area contributed by atoms with Gasteiger partial charge in [-0.05, 0) is 56.2 Å². The number of nitrogens with one attached hydrogen (secondary N) is 1. The zero-order valence-corrected chi connectivity index (χ0v) is 23.4. The van der Waals surface area contributed by atoms with Gasteiger partial charge in [-0.2, -0.15) is 0 Å². The van der Waals surface area contributed by atoms with Gasteiger partial charge >= 0.3 is 0 Å². The third kappa shape index (κ3) is 8.43. The molecule has 2 aromatic carbocycles. The topological polar surface area (TPSA) is 86.8 Å². The van der Waals surface area contributed by atoms with Crippen molar-refractivity contribution in [3.63, 3.8) is 0 Å². The SMILES string of the molecule is CCNC(=O)[C@@H](C)N(Cc1ccc(Cl)cc1Cl)C(=O)CCCN(c1cc(Cl)ccc1Cl)S(C)(=O)=O. The molecule has 0 spiro atoms. The van der Waals surface area contributed by atoms with Gasteiger partial charge < -0.3 is 10.2 Å². The standard InChI is InChI=1S/C23H27Cl4N3O4S/c1-4-28-23(32)15(2)29(14-16-7-8-17(24)12-20(16)27)22(31)6-5-11-30(35(3,33)34)21-13-18(25)9-10-19(21)26/h7-10,12-13,15H,4-6,11,14H2,1-3H3,(H,28,32)/t15-/m1/s1. The molecule has 0 aromatic heterocycles. The molecule has 0 saturated heterocycles. The maximum atomic E-state index is 13.2. The van der Waals surface area contributed by atoms with Crippen molar-refractivity contribution in [3.8, 4) is 0 Å². The Balaban J connectivity index is 2.22. The number of carbonyl (C=O) groups excluding carboxylic acids is 2.